The van der Waals surface area contributed by atoms with Crippen LogP contribution in [-0.2, 0) is 11.2 Å². The van der Waals surface area contributed by atoms with Gasteiger partial charge in [0.2, 0.25) is 12.2 Å². The van der Waals surface area contributed by atoms with Gasteiger partial charge in [-0.3, -0.25) is 9.59 Å². The summed E-state index contributed by atoms with van der Waals surface area (Å²) in [5, 5.41) is 6.42. The van der Waals surface area contributed by atoms with Crippen LogP contribution in [-0.4, -0.2) is 33.7 Å². The molecular weight excluding hydrogens is 425 g/mol. The van der Waals surface area contributed by atoms with E-state index in [2.05, 4.69) is 29.2 Å². The summed E-state index contributed by atoms with van der Waals surface area (Å²) in [6.45, 7) is 16.5. The number of nitrogens with zero attached hydrogens (tertiary/aromatic N) is 3. The lowest BCUT2D eigenvalue weighted by Gasteiger charge is -2.14. The quantitative estimate of drug-likeness (QED) is 0.555. The summed E-state index contributed by atoms with van der Waals surface area (Å²) in [4.78, 5) is 25.3. The van der Waals surface area contributed by atoms with E-state index in [1.54, 1.807) is 13.0 Å². The number of hydrogen-bond donors (Lipinski definition) is 2. The second-order valence-electron chi connectivity index (χ2n) is 7.24. The van der Waals surface area contributed by atoms with Crippen molar-refractivity contribution in [3.8, 4) is 5.75 Å². The molecule has 33 heavy (non-hydrogen) atoms. The van der Waals surface area contributed by atoms with E-state index in [4.69, 9.17) is 10.5 Å². The van der Waals surface area contributed by atoms with Crippen LogP contribution in [0.5, 0.6) is 5.75 Å². The van der Waals surface area contributed by atoms with Crippen LogP contribution in [0.1, 0.15) is 89.4 Å². The molecule has 1 aromatic heterocycles. The predicted molar refractivity (Wildman–Crippen MR) is 130 cm³/mol. The molecule has 0 saturated carbocycles. The van der Waals surface area contributed by atoms with E-state index in [-0.39, 0.29) is 11.5 Å². The molecule has 1 aliphatic rings. The van der Waals surface area contributed by atoms with Crippen LogP contribution < -0.4 is 15.8 Å². The summed E-state index contributed by atoms with van der Waals surface area (Å²) in [6.07, 6.45) is 3.22. The van der Waals surface area contributed by atoms with Crippen molar-refractivity contribution in [3.05, 3.63) is 35.2 Å². The first-order valence-corrected chi connectivity index (χ1v) is 11.7. The topological polar surface area (TPSA) is 112 Å². The monoisotopic (exact) mass is 465 g/mol. The third-order valence-electron chi connectivity index (χ3n) is 4.53. The van der Waals surface area contributed by atoms with Gasteiger partial charge in [0.1, 0.15) is 17.3 Å². The molecule has 1 atom stereocenters. The average molecular weight is 466 g/mol. The zero-order valence-corrected chi connectivity index (χ0v) is 21.2. The molecule has 3 N–H and O–H groups in total. The lowest BCUT2D eigenvalue weighted by atomic mass is 10.0. The highest BCUT2D eigenvalue weighted by atomic mass is 19.1. The van der Waals surface area contributed by atoms with Gasteiger partial charge in [-0.25, -0.2) is 14.1 Å². The number of nitrogens with two attached hydrogens (primary N) is 1. The lowest BCUT2D eigenvalue weighted by molar-refractivity contribution is -0.105. The summed E-state index contributed by atoms with van der Waals surface area (Å²) >= 11 is 0. The highest BCUT2D eigenvalue weighted by Crippen LogP contribution is 2.30. The molecular formula is C24H40FN5O3. The first-order valence-electron chi connectivity index (χ1n) is 11.7. The van der Waals surface area contributed by atoms with E-state index >= 15 is 0 Å². The maximum absolute atomic E-state index is 13.4. The summed E-state index contributed by atoms with van der Waals surface area (Å²) in [5.74, 6) is 0.894. The highest BCUT2D eigenvalue weighted by Gasteiger charge is 2.28. The van der Waals surface area contributed by atoms with Gasteiger partial charge in [0.15, 0.2) is 5.82 Å². The molecule has 1 unspecified atom stereocenters. The van der Waals surface area contributed by atoms with E-state index in [0.29, 0.717) is 30.7 Å². The van der Waals surface area contributed by atoms with Crippen molar-refractivity contribution in [2.45, 2.75) is 80.7 Å². The number of ether oxygens (including phenoxy) is 1. The fraction of sp³-hybridized carbons (Fsp3) is 0.583. The van der Waals surface area contributed by atoms with Crippen molar-refractivity contribution in [3.63, 3.8) is 0 Å². The number of rotatable bonds is 7. The fourth-order valence-corrected chi connectivity index (χ4v) is 3.15. The smallest absolute Gasteiger partial charge is 0.288 e. The van der Waals surface area contributed by atoms with E-state index < -0.39 is 11.7 Å². The third-order valence-corrected chi connectivity index (χ3v) is 4.53. The Morgan fingerprint density at radius 1 is 1.33 bits per heavy atom. The minimum atomic E-state index is -0.547. The van der Waals surface area contributed by atoms with E-state index in [9.17, 15) is 14.0 Å². The first-order chi connectivity index (χ1) is 15.8. The molecule has 8 nitrogen and oxygen atoms in total. The van der Waals surface area contributed by atoms with Crippen LogP contribution in [0.25, 0.3) is 0 Å². The van der Waals surface area contributed by atoms with Gasteiger partial charge in [-0.05, 0) is 43.4 Å². The number of nitrogens with one attached hydrogen (secondary N) is 1. The second-order valence-corrected chi connectivity index (χ2v) is 7.24. The number of halogens is 1. The van der Waals surface area contributed by atoms with Crippen molar-refractivity contribution < 1.29 is 18.7 Å². The third kappa shape index (κ3) is 8.82. The van der Waals surface area contributed by atoms with Crippen molar-refractivity contribution >= 4 is 18.0 Å². The Kier molecular flexibility index (Phi) is 14.4. The Morgan fingerprint density at radius 3 is 2.48 bits per heavy atom. The van der Waals surface area contributed by atoms with Crippen LogP contribution in [0.2, 0.25) is 0 Å². The number of anilines is 1. The number of amides is 2. The first kappa shape index (κ1) is 30.0. The molecule has 0 bridgehead atoms. The Bertz CT molecular complexity index is 868. The van der Waals surface area contributed by atoms with Crippen LogP contribution in [0.15, 0.2) is 12.1 Å². The molecule has 0 spiro atoms. The predicted octanol–water partition coefficient (Wildman–Crippen LogP) is 5.06. The molecule has 0 saturated heterocycles. The molecule has 1 aromatic carbocycles. The maximum atomic E-state index is 13.4. The van der Waals surface area contributed by atoms with Gasteiger partial charge in [0.25, 0.3) is 5.91 Å². The van der Waals surface area contributed by atoms with E-state index in [1.807, 2.05) is 39.3 Å². The van der Waals surface area contributed by atoms with Crippen LogP contribution in [0, 0.1) is 18.7 Å². The lowest BCUT2D eigenvalue weighted by Crippen LogP contribution is -2.16. The number of fused-ring (bicyclic) bond motifs is 1. The number of aromatic nitrogens is 3. The van der Waals surface area contributed by atoms with Gasteiger partial charge >= 0.3 is 0 Å². The summed E-state index contributed by atoms with van der Waals surface area (Å²) in [6, 6.07) is 3.42. The van der Waals surface area contributed by atoms with Crippen molar-refractivity contribution in [2.24, 2.45) is 11.7 Å². The normalized spacial score (nSPS) is 13.3. The van der Waals surface area contributed by atoms with Gasteiger partial charge in [-0.1, -0.05) is 48.5 Å². The summed E-state index contributed by atoms with van der Waals surface area (Å²) in [5.41, 5.74) is 5.98. The maximum Gasteiger partial charge on any atom is 0.288 e. The number of carbonyl (C=O) groups is 2. The standard InChI is InChI=1S/C11H14FNO2.C9H14N4O.2C2H6/c1-3-4-15-10-6-8(2)5-9(12)11(10)13-7-14;1-5(2)6-3-4-7-11-9(8(10)14)12-13(6)7;2*1-2/h5-7H,3-4H2,1-2H3,(H,13,14);5-6H,3-4H2,1-2H3,(H2,10,14);2*1-2H3. The Hall–Kier alpha value is -2.97. The van der Waals surface area contributed by atoms with Gasteiger partial charge < -0.3 is 15.8 Å². The molecule has 0 radical (unpaired) electrons. The van der Waals surface area contributed by atoms with Gasteiger partial charge in [0.05, 0.1) is 12.6 Å². The Morgan fingerprint density at radius 2 is 1.97 bits per heavy atom. The molecule has 186 valence electrons. The number of carbonyl (C=O) groups excluding carboxylic acids is 2. The number of benzene rings is 1. The van der Waals surface area contributed by atoms with Crippen molar-refractivity contribution in [1.29, 1.82) is 0 Å². The number of aryl methyl sites for hydroxylation is 2. The van der Waals surface area contributed by atoms with Crippen LogP contribution in [0.3, 0.4) is 0 Å². The molecule has 2 heterocycles. The molecule has 9 heteroatoms. The number of primary amides is 1. The zero-order valence-electron chi connectivity index (χ0n) is 21.2. The minimum Gasteiger partial charge on any atom is -0.491 e. The van der Waals surface area contributed by atoms with Gasteiger partial charge in [0, 0.05) is 6.42 Å². The van der Waals surface area contributed by atoms with Crippen molar-refractivity contribution in [1.82, 2.24) is 14.8 Å². The average Bonchev–Trinajstić information content (AvgIpc) is 3.39. The van der Waals surface area contributed by atoms with Crippen LogP contribution in [0.4, 0.5) is 10.1 Å². The summed E-state index contributed by atoms with van der Waals surface area (Å²) in [7, 11) is 0. The molecule has 0 fully saturated rings. The minimum absolute atomic E-state index is 0.101. The summed E-state index contributed by atoms with van der Waals surface area (Å²) < 4.78 is 20.6. The van der Waals surface area contributed by atoms with Gasteiger partial charge in [-0.15, -0.1) is 5.10 Å². The highest BCUT2D eigenvalue weighted by molar-refractivity contribution is 5.88. The van der Waals surface area contributed by atoms with E-state index in [0.717, 1.165) is 30.7 Å². The zero-order chi connectivity index (χ0) is 25.6. The van der Waals surface area contributed by atoms with E-state index in [1.165, 1.54) is 6.07 Å². The molecule has 2 aromatic rings. The molecule has 2 amide bonds. The SMILES string of the molecule is CC.CC.CC(C)C1CCc2nc(C(N)=O)nn21.CCCOc1cc(C)cc(F)c1NC=O. The molecule has 0 aliphatic carbocycles. The largest absolute Gasteiger partial charge is 0.491 e. The molecule has 1 aliphatic heterocycles. The number of hydrogen-bond acceptors (Lipinski definition) is 5. The van der Waals surface area contributed by atoms with Crippen molar-refractivity contribution in [2.75, 3.05) is 11.9 Å². The second kappa shape index (κ2) is 15.8. The fourth-order valence-electron chi connectivity index (χ4n) is 3.15. The molecule has 3 rings (SSSR count). The van der Waals surface area contributed by atoms with Gasteiger partial charge in [-0.2, -0.15) is 0 Å². The Balaban J connectivity index is 0.000000540. The Labute approximate surface area is 197 Å². The van der Waals surface area contributed by atoms with Crippen LogP contribution >= 0.6 is 0 Å².